The van der Waals surface area contributed by atoms with Crippen LogP contribution in [0.5, 0.6) is 0 Å². The molecule has 0 saturated carbocycles. The number of amides is 4. The van der Waals surface area contributed by atoms with Crippen LogP contribution in [0.25, 0.3) is 0 Å². The van der Waals surface area contributed by atoms with Crippen LogP contribution in [0.2, 0.25) is 10.0 Å². The lowest BCUT2D eigenvalue weighted by Gasteiger charge is -2.29. The molecule has 2 fully saturated rings. The molecule has 2 aromatic rings. The maximum atomic E-state index is 13.8. The normalized spacial score (nSPS) is 27.3. The Hall–Kier alpha value is -2.94. The number of imide groups is 1. The minimum absolute atomic E-state index is 0.00595. The van der Waals surface area contributed by atoms with E-state index >= 15 is 0 Å². The zero-order chi connectivity index (χ0) is 24.4. The van der Waals surface area contributed by atoms with Crippen LogP contribution in [0, 0.1) is 18.8 Å². The van der Waals surface area contributed by atoms with E-state index in [1.54, 1.807) is 36.4 Å². The van der Waals surface area contributed by atoms with E-state index in [0.29, 0.717) is 26.9 Å². The summed E-state index contributed by atoms with van der Waals surface area (Å²) in [6, 6.07) is 9.74. The Morgan fingerprint density at radius 1 is 1.15 bits per heavy atom. The zero-order valence-electron chi connectivity index (χ0n) is 18.2. The number of anilines is 1. The number of aryl methyl sites for hydroxylation is 1. The second-order valence-corrected chi connectivity index (χ2v) is 9.86. The number of nitrogens with zero attached hydrogens (tertiary/aromatic N) is 1. The Bertz CT molecular complexity index is 1270. The molecule has 8 nitrogen and oxygen atoms in total. The van der Waals surface area contributed by atoms with Gasteiger partial charge in [0.05, 0.1) is 18.4 Å². The highest BCUT2D eigenvalue weighted by Crippen LogP contribution is 2.54. The zero-order valence-corrected chi connectivity index (χ0v) is 19.7. The number of carbonyl (C=O) groups excluding carboxylic acids is 4. The number of fused-ring (bicyclic) bond motifs is 4. The van der Waals surface area contributed by atoms with Gasteiger partial charge in [-0.1, -0.05) is 41.4 Å². The lowest BCUT2D eigenvalue weighted by Crippen LogP contribution is -2.53. The van der Waals surface area contributed by atoms with E-state index in [9.17, 15) is 19.2 Å². The second kappa shape index (κ2) is 8.08. The van der Waals surface area contributed by atoms with Crippen LogP contribution >= 0.6 is 23.2 Å². The molecule has 0 aliphatic carbocycles. The predicted octanol–water partition coefficient (Wildman–Crippen LogP) is 2.49. The van der Waals surface area contributed by atoms with Gasteiger partial charge in [0.1, 0.15) is 5.54 Å². The number of likely N-dealkylation sites (tertiary alicyclic amines) is 1. The van der Waals surface area contributed by atoms with Crippen LogP contribution in [0.15, 0.2) is 36.4 Å². The second-order valence-electron chi connectivity index (χ2n) is 9.02. The number of nitrogens with two attached hydrogens (primary N) is 1. The van der Waals surface area contributed by atoms with Crippen molar-refractivity contribution in [1.82, 2.24) is 10.2 Å². The molecule has 4 amide bonds. The largest absolute Gasteiger partial charge is 0.370 e. The average Bonchev–Trinajstić information content (AvgIpc) is 3.35. The number of primary amides is 1. The summed E-state index contributed by atoms with van der Waals surface area (Å²) < 4.78 is 0. The molecule has 0 bridgehead atoms. The van der Waals surface area contributed by atoms with Crippen LogP contribution in [-0.4, -0.2) is 34.6 Å². The molecule has 2 saturated heterocycles. The van der Waals surface area contributed by atoms with Gasteiger partial charge in [-0.05, 0) is 42.7 Å². The first kappa shape index (κ1) is 22.8. The molecule has 34 heavy (non-hydrogen) atoms. The molecule has 0 unspecified atom stereocenters. The minimum atomic E-state index is -1.49. The molecule has 3 aliphatic rings. The third kappa shape index (κ3) is 3.24. The third-order valence-electron chi connectivity index (χ3n) is 7.07. The van der Waals surface area contributed by atoms with Gasteiger partial charge in [-0.15, -0.1) is 0 Å². The molecule has 0 radical (unpaired) electrons. The fourth-order valence-electron chi connectivity index (χ4n) is 5.59. The lowest BCUT2D eigenvalue weighted by atomic mass is 9.76. The number of rotatable bonds is 5. The first-order chi connectivity index (χ1) is 16.1. The van der Waals surface area contributed by atoms with E-state index in [-0.39, 0.29) is 19.4 Å². The molecule has 3 heterocycles. The first-order valence-electron chi connectivity index (χ1n) is 10.9. The summed E-state index contributed by atoms with van der Waals surface area (Å²) in [5, 5.41) is 6.99. The minimum Gasteiger partial charge on any atom is -0.370 e. The van der Waals surface area contributed by atoms with Gasteiger partial charge in [0.2, 0.25) is 23.6 Å². The molecule has 4 N–H and O–H groups in total. The molecule has 4 atom stereocenters. The Morgan fingerprint density at radius 2 is 1.88 bits per heavy atom. The van der Waals surface area contributed by atoms with E-state index in [1.807, 2.05) is 6.92 Å². The SMILES string of the molecule is Cc1cc(Cl)cc2c1NC(=O)[C@@]21N[C@@H](CCC(N)=O)[C@H]2C(=O)N(Cc3ccccc3Cl)C(=O)[C@H]21. The predicted molar refractivity (Wildman–Crippen MR) is 126 cm³/mol. The lowest BCUT2D eigenvalue weighted by molar-refractivity contribution is -0.143. The number of benzene rings is 2. The molecule has 5 rings (SSSR count). The van der Waals surface area contributed by atoms with Crippen molar-refractivity contribution in [2.75, 3.05) is 5.32 Å². The standard InChI is InChI=1S/C24H22Cl2N4O4/c1-11-8-13(25)9-14-20(11)28-23(34)24(14)19-18(16(29-24)6-7-17(27)31)21(32)30(22(19)33)10-12-4-2-3-5-15(12)26/h2-5,8-9,16,18-19,29H,6-7,10H2,1H3,(H2,27,31)(H,28,34)/t16-,18+,19-,24+/m0/s1. The fourth-order valence-corrected chi connectivity index (χ4v) is 6.06. The number of carbonyl (C=O) groups is 4. The van der Waals surface area contributed by atoms with Gasteiger partial charge < -0.3 is 11.1 Å². The Kier molecular flexibility index (Phi) is 5.42. The molecular formula is C24H22Cl2N4O4. The van der Waals surface area contributed by atoms with Crippen molar-refractivity contribution >= 4 is 52.5 Å². The van der Waals surface area contributed by atoms with Crippen LogP contribution in [0.4, 0.5) is 5.69 Å². The van der Waals surface area contributed by atoms with Crippen molar-refractivity contribution in [2.45, 2.75) is 37.9 Å². The van der Waals surface area contributed by atoms with Gasteiger partial charge in [0, 0.05) is 33.8 Å². The van der Waals surface area contributed by atoms with Crippen molar-refractivity contribution in [3.05, 3.63) is 63.1 Å². The van der Waals surface area contributed by atoms with Gasteiger partial charge in [-0.3, -0.25) is 29.4 Å². The molecule has 1 spiro atoms. The molecule has 10 heteroatoms. The van der Waals surface area contributed by atoms with Crippen molar-refractivity contribution in [3.8, 4) is 0 Å². The summed E-state index contributed by atoms with van der Waals surface area (Å²) in [4.78, 5) is 53.6. The summed E-state index contributed by atoms with van der Waals surface area (Å²) in [5.41, 5.74) is 6.34. The van der Waals surface area contributed by atoms with Crippen LogP contribution in [-0.2, 0) is 31.3 Å². The highest BCUT2D eigenvalue weighted by atomic mass is 35.5. The smallest absolute Gasteiger partial charge is 0.250 e. The van der Waals surface area contributed by atoms with Gasteiger partial charge >= 0.3 is 0 Å². The van der Waals surface area contributed by atoms with Crippen LogP contribution < -0.4 is 16.4 Å². The van der Waals surface area contributed by atoms with Gasteiger partial charge in [-0.25, -0.2) is 0 Å². The maximum Gasteiger partial charge on any atom is 0.250 e. The molecule has 0 aromatic heterocycles. The highest BCUT2D eigenvalue weighted by molar-refractivity contribution is 6.31. The summed E-state index contributed by atoms with van der Waals surface area (Å²) >= 11 is 12.6. The molecular weight excluding hydrogens is 479 g/mol. The molecule has 2 aromatic carbocycles. The van der Waals surface area contributed by atoms with Crippen LogP contribution in [0.3, 0.4) is 0 Å². The first-order valence-corrected chi connectivity index (χ1v) is 11.7. The van der Waals surface area contributed by atoms with Gasteiger partial charge in [-0.2, -0.15) is 0 Å². The maximum absolute atomic E-state index is 13.8. The number of hydrogen-bond acceptors (Lipinski definition) is 5. The number of nitrogens with one attached hydrogen (secondary N) is 2. The third-order valence-corrected chi connectivity index (χ3v) is 7.65. The Labute approximate surface area is 205 Å². The van der Waals surface area contributed by atoms with E-state index in [1.165, 1.54) is 4.90 Å². The number of halogens is 2. The van der Waals surface area contributed by atoms with Crippen molar-refractivity contribution in [2.24, 2.45) is 17.6 Å². The average molecular weight is 501 g/mol. The van der Waals surface area contributed by atoms with Crippen molar-refractivity contribution in [1.29, 1.82) is 0 Å². The summed E-state index contributed by atoms with van der Waals surface area (Å²) in [6.07, 6.45) is 0.214. The Balaban J connectivity index is 1.62. The van der Waals surface area contributed by atoms with E-state index in [4.69, 9.17) is 28.9 Å². The monoisotopic (exact) mass is 500 g/mol. The van der Waals surface area contributed by atoms with Crippen molar-refractivity contribution < 1.29 is 19.2 Å². The summed E-state index contributed by atoms with van der Waals surface area (Å²) in [6.45, 7) is 1.80. The highest BCUT2D eigenvalue weighted by Gasteiger charge is 2.70. The van der Waals surface area contributed by atoms with Crippen molar-refractivity contribution in [3.63, 3.8) is 0 Å². The van der Waals surface area contributed by atoms with Crippen LogP contribution in [0.1, 0.15) is 29.5 Å². The van der Waals surface area contributed by atoms with E-state index < -0.39 is 47.0 Å². The Morgan fingerprint density at radius 3 is 2.59 bits per heavy atom. The molecule has 3 aliphatic heterocycles. The summed E-state index contributed by atoms with van der Waals surface area (Å²) in [5.74, 6) is -3.67. The topological polar surface area (TPSA) is 122 Å². The van der Waals surface area contributed by atoms with E-state index in [0.717, 1.165) is 5.56 Å². The fraction of sp³-hybridized carbons (Fsp3) is 0.333. The van der Waals surface area contributed by atoms with Gasteiger partial charge in [0.25, 0.3) is 0 Å². The number of hydrogen-bond donors (Lipinski definition) is 3. The quantitative estimate of drug-likeness (QED) is 0.544. The summed E-state index contributed by atoms with van der Waals surface area (Å²) in [7, 11) is 0. The van der Waals surface area contributed by atoms with Gasteiger partial charge in [0.15, 0.2) is 0 Å². The molecule has 176 valence electrons. The van der Waals surface area contributed by atoms with E-state index in [2.05, 4.69) is 10.6 Å².